The van der Waals surface area contributed by atoms with Gasteiger partial charge in [-0.25, -0.2) is 8.78 Å². The molecule has 2 aromatic carbocycles. The van der Waals surface area contributed by atoms with Crippen LogP contribution in [-0.4, -0.2) is 11.8 Å². The van der Waals surface area contributed by atoms with E-state index in [9.17, 15) is 18.4 Å². The lowest BCUT2D eigenvalue weighted by Gasteiger charge is -2.08. The summed E-state index contributed by atoms with van der Waals surface area (Å²) >= 11 is 0. The standard InChI is InChI=1S/C15H12F2N2O2/c16-12-7-5-10(6-8-12)15(21)19-18-14(20)9-11-3-1-2-4-13(11)17/h1-8H,9H2,(H,18,20)(H,19,21). The summed E-state index contributed by atoms with van der Waals surface area (Å²) in [7, 11) is 0. The Balaban J connectivity index is 1.88. The first-order valence-electron chi connectivity index (χ1n) is 6.14. The number of carbonyl (C=O) groups excluding carboxylic acids is 2. The summed E-state index contributed by atoms with van der Waals surface area (Å²) in [5, 5.41) is 0. The van der Waals surface area contributed by atoms with Gasteiger partial charge in [0.1, 0.15) is 11.6 Å². The molecule has 21 heavy (non-hydrogen) atoms. The Morgan fingerprint density at radius 1 is 0.905 bits per heavy atom. The van der Waals surface area contributed by atoms with Crippen LogP contribution in [0.2, 0.25) is 0 Å². The molecule has 2 aromatic rings. The quantitative estimate of drug-likeness (QED) is 0.849. The highest BCUT2D eigenvalue weighted by Crippen LogP contribution is 2.06. The van der Waals surface area contributed by atoms with E-state index >= 15 is 0 Å². The lowest BCUT2D eigenvalue weighted by molar-refractivity contribution is -0.121. The molecular weight excluding hydrogens is 278 g/mol. The molecule has 2 rings (SSSR count). The van der Waals surface area contributed by atoms with Crippen LogP contribution in [0.25, 0.3) is 0 Å². The summed E-state index contributed by atoms with van der Waals surface area (Å²) in [4.78, 5) is 23.3. The van der Waals surface area contributed by atoms with Gasteiger partial charge in [0.2, 0.25) is 5.91 Å². The van der Waals surface area contributed by atoms with E-state index in [-0.39, 0.29) is 17.5 Å². The number of carbonyl (C=O) groups is 2. The van der Waals surface area contributed by atoms with Crippen LogP contribution in [0.3, 0.4) is 0 Å². The van der Waals surface area contributed by atoms with Crippen molar-refractivity contribution in [2.45, 2.75) is 6.42 Å². The first kappa shape index (κ1) is 14.6. The second kappa shape index (κ2) is 6.60. The molecule has 0 aliphatic heterocycles. The van der Waals surface area contributed by atoms with Crippen molar-refractivity contribution < 1.29 is 18.4 Å². The third kappa shape index (κ3) is 4.10. The molecule has 0 atom stereocenters. The van der Waals surface area contributed by atoms with Crippen LogP contribution >= 0.6 is 0 Å². The minimum atomic E-state index is -0.586. The molecule has 2 N–H and O–H groups in total. The number of benzene rings is 2. The van der Waals surface area contributed by atoms with Gasteiger partial charge in [0, 0.05) is 5.56 Å². The van der Waals surface area contributed by atoms with Crippen LogP contribution in [0.5, 0.6) is 0 Å². The maximum atomic E-state index is 13.3. The van der Waals surface area contributed by atoms with Crippen molar-refractivity contribution in [2.75, 3.05) is 0 Å². The predicted molar refractivity (Wildman–Crippen MR) is 72.1 cm³/mol. The molecule has 2 amide bonds. The number of halogens is 2. The van der Waals surface area contributed by atoms with Gasteiger partial charge in [0.05, 0.1) is 6.42 Å². The molecule has 0 saturated heterocycles. The van der Waals surface area contributed by atoms with E-state index in [1.807, 2.05) is 0 Å². The molecule has 6 heteroatoms. The van der Waals surface area contributed by atoms with Gasteiger partial charge in [-0.1, -0.05) is 18.2 Å². The highest BCUT2D eigenvalue weighted by atomic mass is 19.1. The van der Waals surface area contributed by atoms with Gasteiger partial charge in [0.15, 0.2) is 0 Å². The molecule has 4 nitrogen and oxygen atoms in total. The zero-order valence-corrected chi connectivity index (χ0v) is 10.9. The molecule has 108 valence electrons. The third-order valence-corrected chi connectivity index (χ3v) is 2.73. The minimum Gasteiger partial charge on any atom is -0.273 e. The van der Waals surface area contributed by atoms with E-state index in [1.165, 1.54) is 30.3 Å². The molecule has 0 aliphatic rings. The second-order valence-corrected chi connectivity index (χ2v) is 4.28. The molecule has 0 spiro atoms. The molecule has 0 aliphatic carbocycles. The Hall–Kier alpha value is -2.76. The Bertz CT molecular complexity index is 657. The zero-order valence-electron chi connectivity index (χ0n) is 10.9. The van der Waals surface area contributed by atoms with Gasteiger partial charge in [-0.05, 0) is 35.9 Å². The van der Waals surface area contributed by atoms with Crippen LogP contribution in [0, 0.1) is 11.6 Å². The van der Waals surface area contributed by atoms with Gasteiger partial charge in [-0.3, -0.25) is 20.4 Å². The van der Waals surface area contributed by atoms with Crippen molar-refractivity contribution >= 4 is 11.8 Å². The van der Waals surface area contributed by atoms with Crippen molar-refractivity contribution in [2.24, 2.45) is 0 Å². The number of rotatable bonds is 3. The lowest BCUT2D eigenvalue weighted by Crippen LogP contribution is -2.42. The average molecular weight is 290 g/mol. The van der Waals surface area contributed by atoms with Crippen molar-refractivity contribution in [1.82, 2.24) is 10.9 Å². The molecule has 0 saturated carbocycles. The monoisotopic (exact) mass is 290 g/mol. The minimum absolute atomic E-state index is 0.197. The van der Waals surface area contributed by atoms with Crippen LogP contribution in [0.15, 0.2) is 48.5 Å². The molecular formula is C15H12F2N2O2. The van der Waals surface area contributed by atoms with Crippen molar-refractivity contribution in [3.05, 3.63) is 71.3 Å². The first-order chi connectivity index (χ1) is 10.1. The van der Waals surface area contributed by atoms with E-state index in [1.54, 1.807) is 6.07 Å². The van der Waals surface area contributed by atoms with Crippen LogP contribution in [-0.2, 0) is 11.2 Å². The van der Waals surface area contributed by atoms with Gasteiger partial charge >= 0.3 is 0 Å². The van der Waals surface area contributed by atoms with Gasteiger partial charge in [0.25, 0.3) is 5.91 Å². The van der Waals surface area contributed by atoms with E-state index in [0.29, 0.717) is 0 Å². The maximum absolute atomic E-state index is 13.3. The topological polar surface area (TPSA) is 58.2 Å². The Labute approximate surface area is 119 Å². The average Bonchev–Trinajstić information content (AvgIpc) is 2.48. The molecule has 0 radical (unpaired) electrons. The fourth-order valence-corrected chi connectivity index (χ4v) is 1.66. The van der Waals surface area contributed by atoms with Crippen molar-refractivity contribution in [3.63, 3.8) is 0 Å². The highest BCUT2D eigenvalue weighted by Gasteiger charge is 2.10. The fraction of sp³-hybridized carbons (Fsp3) is 0.0667. The van der Waals surface area contributed by atoms with E-state index in [0.717, 1.165) is 12.1 Å². The Morgan fingerprint density at radius 3 is 2.24 bits per heavy atom. The Kier molecular flexibility index (Phi) is 4.61. The largest absolute Gasteiger partial charge is 0.273 e. The van der Waals surface area contributed by atoms with E-state index in [2.05, 4.69) is 10.9 Å². The summed E-state index contributed by atoms with van der Waals surface area (Å²) in [5.74, 6) is -2.10. The summed E-state index contributed by atoms with van der Waals surface area (Å²) in [6.07, 6.45) is -0.198. The summed E-state index contributed by atoms with van der Waals surface area (Å²) < 4.78 is 26.1. The number of hydrogen-bond acceptors (Lipinski definition) is 2. The van der Waals surface area contributed by atoms with Crippen molar-refractivity contribution in [3.8, 4) is 0 Å². The highest BCUT2D eigenvalue weighted by molar-refractivity contribution is 5.95. The van der Waals surface area contributed by atoms with Crippen molar-refractivity contribution in [1.29, 1.82) is 0 Å². The molecule has 0 fully saturated rings. The first-order valence-corrected chi connectivity index (χ1v) is 6.14. The zero-order chi connectivity index (χ0) is 15.2. The summed E-state index contributed by atoms with van der Waals surface area (Å²) in [6, 6.07) is 10.7. The fourth-order valence-electron chi connectivity index (χ4n) is 1.66. The number of amides is 2. The second-order valence-electron chi connectivity index (χ2n) is 4.28. The summed E-state index contributed by atoms with van der Waals surface area (Å²) in [5.41, 5.74) is 4.77. The third-order valence-electron chi connectivity index (χ3n) is 2.73. The van der Waals surface area contributed by atoms with E-state index in [4.69, 9.17) is 0 Å². The van der Waals surface area contributed by atoms with Crippen LogP contribution in [0.4, 0.5) is 8.78 Å². The number of hydrazine groups is 1. The molecule has 0 aromatic heterocycles. The lowest BCUT2D eigenvalue weighted by atomic mass is 10.1. The SMILES string of the molecule is O=C(Cc1ccccc1F)NNC(=O)c1ccc(F)cc1. The van der Waals surface area contributed by atoms with Gasteiger partial charge in [-0.2, -0.15) is 0 Å². The maximum Gasteiger partial charge on any atom is 0.269 e. The van der Waals surface area contributed by atoms with Crippen LogP contribution in [0.1, 0.15) is 15.9 Å². The molecule has 0 bridgehead atoms. The Morgan fingerprint density at radius 2 is 1.57 bits per heavy atom. The summed E-state index contributed by atoms with van der Waals surface area (Å²) in [6.45, 7) is 0. The van der Waals surface area contributed by atoms with E-state index < -0.39 is 23.4 Å². The van der Waals surface area contributed by atoms with Crippen LogP contribution < -0.4 is 10.9 Å². The normalized spacial score (nSPS) is 10.0. The molecule has 0 unspecified atom stereocenters. The van der Waals surface area contributed by atoms with Gasteiger partial charge < -0.3 is 0 Å². The number of hydrogen-bond donors (Lipinski definition) is 2. The number of nitrogens with one attached hydrogen (secondary N) is 2. The smallest absolute Gasteiger partial charge is 0.269 e. The molecule has 0 heterocycles. The predicted octanol–water partition coefficient (Wildman–Crippen LogP) is 1.97. The van der Waals surface area contributed by atoms with Gasteiger partial charge in [-0.15, -0.1) is 0 Å².